The molecule has 1 N–H and O–H groups in total. The van der Waals surface area contributed by atoms with Gasteiger partial charge in [-0.1, -0.05) is 19.1 Å². The highest BCUT2D eigenvalue weighted by atomic mass is 16.5. The number of ether oxygens (including phenoxy) is 1. The lowest BCUT2D eigenvalue weighted by molar-refractivity contribution is 0.0354. The van der Waals surface area contributed by atoms with Crippen LogP contribution in [0.1, 0.15) is 53.4 Å². The van der Waals surface area contributed by atoms with Crippen LogP contribution in [-0.4, -0.2) is 82.0 Å². The molecule has 1 saturated heterocycles. The molecule has 10 heteroatoms. The van der Waals surface area contributed by atoms with Crippen molar-refractivity contribution in [3.05, 3.63) is 35.5 Å². The Labute approximate surface area is 187 Å². The number of hydrogen-bond donors (Lipinski definition) is 1. The first-order chi connectivity index (χ1) is 15.5. The fourth-order valence-electron chi connectivity index (χ4n) is 4.32. The van der Waals surface area contributed by atoms with Crippen LogP contribution in [-0.2, 0) is 17.8 Å². The molecule has 0 saturated carbocycles. The van der Waals surface area contributed by atoms with Crippen molar-refractivity contribution in [1.82, 2.24) is 30.1 Å². The maximum Gasteiger partial charge on any atom is 0.277 e. The molecule has 0 aliphatic carbocycles. The summed E-state index contributed by atoms with van der Waals surface area (Å²) in [5.74, 6) is 0.539. The number of carbonyl (C=O) groups excluding carboxylic acids is 2. The molecule has 0 bridgehead atoms. The van der Waals surface area contributed by atoms with Gasteiger partial charge in [0.25, 0.3) is 11.8 Å². The Morgan fingerprint density at radius 2 is 2.16 bits per heavy atom. The SMILES string of the molecule is CC(C)CC1Cn2nnc(C(=O)N(CCCN3CCOCC3)Cc3ccco3)c2C(=O)N1. The number of nitrogens with zero attached hydrogens (tertiary/aromatic N) is 5. The van der Waals surface area contributed by atoms with Crippen molar-refractivity contribution in [3.8, 4) is 0 Å². The number of aromatic nitrogens is 3. The van der Waals surface area contributed by atoms with Crippen LogP contribution < -0.4 is 5.32 Å². The Hall–Kier alpha value is -2.72. The zero-order valence-corrected chi connectivity index (χ0v) is 18.8. The molecule has 2 aliphatic heterocycles. The molecule has 4 heterocycles. The van der Waals surface area contributed by atoms with E-state index in [1.54, 1.807) is 21.9 Å². The van der Waals surface area contributed by atoms with E-state index in [1.165, 1.54) is 0 Å². The number of hydrogen-bond acceptors (Lipinski definition) is 7. The molecule has 1 unspecified atom stereocenters. The molecule has 0 radical (unpaired) electrons. The van der Waals surface area contributed by atoms with Gasteiger partial charge in [-0.25, -0.2) is 4.68 Å². The number of fused-ring (bicyclic) bond motifs is 1. The maximum absolute atomic E-state index is 13.4. The molecule has 10 nitrogen and oxygen atoms in total. The van der Waals surface area contributed by atoms with E-state index in [1.807, 2.05) is 6.07 Å². The van der Waals surface area contributed by atoms with Crippen LogP contribution >= 0.6 is 0 Å². The monoisotopic (exact) mass is 444 g/mol. The Kier molecular flexibility index (Phi) is 7.21. The standard InChI is InChI=1S/C22H32N6O4/c1-16(2)13-17-14-28-20(21(29)23-17)19(24-25-28)22(30)27(15-18-5-3-10-32-18)7-4-6-26-8-11-31-12-9-26/h3,5,10,16-17H,4,6-9,11-15H2,1-2H3,(H,23,29). The molecule has 32 heavy (non-hydrogen) atoms. The van der Waals surface area contributed by atoms with Gasteiger partial charge in [-0.15, -0.1) is 5.10 Å². The zero-order valence-electron chi connectivity index (χ0n) is 18.8. The summed E-state index contributed by atoms with van der Waals surface area (Å²) in [5, 5.41) is 11.3. The highest BCUT2D eigenvalue weighted by molar-refractivity contribution is 6.05. The highest BCUT2D eigenvalue weighted by Crippen LogP contribution is 2.19. The quantitative estimate of drug-likeness (QED) is 0.623. The topological polar surface area (TPSA) is 106 Å². The third-order valence-electron chi connectivity index (χ3n) is 5.86. The minimum atomic E-state index is -0.304. The van der Waals surface area contributed by atoms with E-state index in [4.69, 9.17) is 9.15 Å². The van der Waals surface area contributed by atoms with Crippen molar-refractivity contribution >= 4 is 11.8 Å². The van der Waals surface area contributed by atoms with E-state index in [9.17, 15) is 9.59 Å². The van der Waals surface area contributed by atoms with Crippen molar-refractivity contribution in [2.24, 2.45) is 5.92 Å². The second-order valence-electron chi connectivity index (χ2n) is 8.88. The second kappa shape index (κ2) is 10.3. The van der Waals surface area contributed by atoms with Gasteiger partial charge in [-0.3, -0.25) is 14.5 Å². The molecular formula is C22H32N6O4. The van der Waals surface area contributed by atoms with Gasteiger partial charge in [0, 0.05) is 32.2 Å². The molecule has 2 aliphatic rings. The van der Waals surface area contributed by atoms with Gasteiger partial charge in [-0.2, -0.15) is 0 Å². The lowest BCUT2D eigenvalue weighted by Crippen LogP contribution is -2.46. The van der Waals surface area contributed by atoms with Crippen molar-refractivity contribution in [3.63, 3.8) is 0 Å². The van der Waals surface area contributed by atoms with Gasteiger partial charge >= 0.3 is 0 Å². The van der Waals surface area contributed by atoms with Crippen LogP contribution in [0.2, 0.25) is 0 Å². The number of nitrogens with one attached hydrogen (secondary N) is 1. The summed E-state index contributed by atoms with van der Waals surface area (Å²) in [4.78, 5) is 30.3. The van der Waals surface area contributed by atoms with Crippen LogP contribution in [0.25, 0.3) is 0 Å². The first-order valence-electron chi connectivity index (χ1n) is 11.4. The summed E-state index contributed by atoms with van der Waals surface area (Å²) in [6.07, 6.45) is 3.24. The van der Waals surface area contributed by atoms with Gasteiger partial charge in [0.15, 0.2) is 11.4 Å². The Morgan fingerprint density at radius 1 is 1.34 bits per heavy atom. The maximum atomic E-state index is 13.4. The summed E-state index contributed by atoms with van der Waals surface area (Å²) in [6.45, 7) is 9.77. The van der Waals surface area contributed by atoms with Crippen LogP contribution in [0, 0.1) is 5.92 Å². The molecule has 1 atom stereocenters. The van der Waals surface area contributed by atoms with E-state index in [-0.39, 0.29) is 29.2 Å². The van der Waals surface area contributed by atoms with Gasteiger partial charge in [-0.05, 0) is 30.9 Å². The minimum Gasteiger partial charge on any atom is -0.467 e. The smallest absolute Gasteiger partial charge is 0.277 e. The lowest BCUT2D eigenvalue weighted by atomic mass is 10.0. The third kappa shape index (κ3) is 5.36. The van der Waals surface area contributed by atoms with Crippen LogP contribution in [0.3, 0.4) is 0 Å². The van der Waals surface area contributed by atoms with Crippen LogP contribution in [0.5, 0.6) is 0 Å². The summed E-state index contributed by atoms with van der Waals surface area (Å²) in [5.41, 5.74) is 0.344. The number of amides is 2. The Balaban J connectivity index is 1.47. The van der Waals surface area contributed by atoms with Gasteiger partial charge in [0.05, 0.1) is 32.6 Å². The molecule has 2 aromatic rings. The molecule has 2 amide bonds. The largest absolute Gasteiger partial charge is 0.467 e. The summed E-state index contributed by atoms with van der Waals surface area (Å²) >= 11 is 0. The minimum absolute atomic E-state index is 0.00704. The van der Waals surface area contributed by atoms with Gasteiger partial charge in [0.1, 0.15) is 5.76 Å². The summed E-state index contributed by atoms with van der Waals surface area (Å²) in [6, 6.07) is 3.63. The van der Waals surface area contributed by atoms with Gasteiger partial charge < -0.3 is 19.4 Å². The zero-order chi connectivity index (χ0) is 22.5. The van der Waals surface area contributed by atoms with Crippen molar-refractivity contribution in [2.75, 3.05) is 39.4 Å². The molecule has 174 valence electrons. The highest BCUT2D eigenvalue weighted by Gasteiger charge is 2.34. The molecule has 4 rings (SSSR count). The fourth-order valence-corrected chi connectivity index (χ4v) is 4.32. The second-order valence-corrected chi connectivity index (χ2v) is 8.88. The number of morpholine rings is 1. The first kappa shape index (κ1) is 22.5. The van der Waals surface area contributed by atoms with Crippen LogP contribution in [0.4, 0.5) is 0 Å². The van der Waals surface area contributed by atoms with E-state index >= 15 is 0 Å². The van der Waals surface area contributed by atoms with E-state index in [2.05, 4.69) is 34.4 Å². The van der Waals surface area contributed by atoms with Gasteiger partial charge in [0.2, 0.25) is 0 Å². The van der Waals surface area contributed by atoms with E-state index in [0.29, 0.717) is 31.3 Å². The van der Waals surface area contributed by atoms with Crippen molar-refractivity contribution in [1.29, 1.82) is 0 Å². The number of rotatable bonds is 9. The Bertz CT molecular complexity index is 904. The lowest BCUT2D eigenvalue weighted by Gasteiger charge is -2.28. The van der Waals surface area contributed by atoms with E-state index in [0.717, 1.165) is 45.7 Å². The Morgan fingerprint density at radius 3 is 2.88 bits per heavy atom. The molecule has 2 aromatic heterocycles. The molecule has 0 spiro atoms. The molecule has 1 fully saturated rings. The number of carbonyl (C=O) groups is 2. The van der Waals surface area contributed by atoms with Crippen molar-refractivity contribution < 1.29 is 18.7 Å². The number of furan rings is 1. The predicted molar refractivity (Wildman–Crippen MR) is 116 cm³/mol. The average Bonchev–Trinajstić information content (AvgIpc) is 3.43. The average molecular weight is 445 g/mol. The van der Waals surface area contributed by atoms with E-state index < -0.39 is 0 Å². The molecule has 0 aromatic carbocycles. The predicted octanol–water partition coefficient (Wildman–Crippen LogP) is 1.39. The fraction of sp³-hybridized carbons (Fsp3) is 0.636. The normalized spacial score (nSPS) is 19.1. The summed E-state index contributed by atoms with van der Waals surface area (Å²) < 4.78 is 12.4. The third-order valence-corrected chi connectivity index (χ3v) is 5.86. The first-order valence-corrected chi connectivity index (χ1v) is 11.4. The van der Waals surface area contributed by atoms with Crippen LogP contribution in [0.15, 0.2) is 22.8 Å². The molecular weight excluding hydrogens is 412 g/mol. The van der Waals surface area contributed by atoms with Crippen molar-refractivity contribution in [2.45, 2.75) is 45.8 Å². The summed E-state index contributed by atoms with van der Waals surface area (Å²) in [7, 11) is 0.